The molecule has 0 saturated carbocycles. The van der Waals surface area contributed by atoms with Gasteiger partial charge < -0.3 is 14.6 Å². The number of carbonyl (C=O) groups is 2. The highest BCUT2D eigenvalue weighted by molar-refractivity contribution is 7.13. The van der Waals surface area contributed by atoms with Crippen molar-refractivity contribution in [2.24, 2.45) is 5.92 Å². The lowest BCUT2D eigenvalue weighted by molar-refractivity contribution is -0.143. The van der Waals surface area contributed by atoms with Crippen LogP contribution in [-0.4, -0.2) is 39.0 Å². The summed E-state index contributed by atoms with van der Waals surface area (Å²) in [4.78, 5) is 41.9. The van der Waals surface area contributed by atoms with Crippen LogP contribution in [0.25, 0.3) is 21.7 Å². The SMILES string of the molecule is CCC1CC(C(=O)O)CCN1C(=O)c1cc(-c2ccccc2)c(=O)n2c1-c1sccc1CC2. The Hall–Kier alpha value is -3.19. The minimum absolute atomic E-state index is 0.0802. The number of aliphatic carboxylic acids is 1. The fourth-order valence-electron chi connectivity index (χ4n) is 5.17. The van der Waals surface area contributed by atoms with E-state index in [-0.39, 0.29) is 17.5 Å². The summed E-state index contributed by atoms with van der Waals surface area (Å²) in [6.45, 7) is 2.94. The molecule has 33 heavy (non-hydrogen) atoms. The number of aryl methyl sites for hydroxylation is 1. The maximum atomic E-state index is 14.0. The molecule has 3 aromatic rings. The van der Waals surface area contributed by atoms with Crippen molar-refractivity contribution >= 4 is 23.2 Å². The van der Waals surface area contributed by atoms with Gasteiger partial charge in [0.1, 0.15) is 0 Å². The number of aromatic nitrogens is 1. The van der Waals surface area contributed by atoms with Gasteiger partial charge in [0, 0.05) is 24.7 Å². The van der Waals surface area contributed by atoms with Gasteiger partial charge >= 0.3 is 5.97 Å². The molecule has 0 aliphatic carbocycles. The highest BCUT2D eigenvalue weighted by atomic mass is 32.1. The third-order valence-corrected chi connectivity index (χ3v) is 7.93. The molecule has 4 heterocycles. The van der Waals surface area contributed by atoms with Crippen LogP contribution in [0.1, 0.15) is 42.1 Å². The molecule has 1 saturated heterocycles. The predicted molar refractivity (Wildman–Crippen MR) is 129 cm³/mol. The van der Waals surface area contributed by atoms with Gasteiger partial charge in [0.05, 0.1) is 22.1 Å². The van der Waals surface area contributed by atoms with Gasteiger partial charge in [-0.2, -0.15) is 0 Å². The van der Waals surface area contributed by atoms with E-state index in [1.54, 1.807) is 22.0 Å². The normalized spacial score (nSPS) is 19.6. The minimum Gasteiger partial charge on any atom is -0.481 e. The van der Waals surface area contributed by atoms with E-state index in [9.17, 15) is 19.5 Å². The van der Waals surface area contributed by atoms with Crippen LogP contribution in [0.3, 0.4) is 0 Å². The second-order valence-electron chi connectivity index (χ2n) is 8.79. The third kappa shape index (κ3) is 3.70. The maximum absolute atomic E-state index is 14.0. The van der Waals surface area contributed by atoms with Gasteiger partial charge in [-0.1, -0.05) is 37.3 Å². The van der Waals surface area contributed by atoms with E-state index in [4.69, 9.17) is 0 Å². The summed E-state index contributed by atoms with van der Waals surface area (Å²) >= 11 is 1.56. The molecule has 7 heteroatoms. The van der Waals surface area contributed by atoms with Gasteiger partial charge in [-0.15, -0.1) is 11.3 Å². The van der Waals surface area contributed by atoms with Crippen LogP contribution < -0.4 is 5.56 Å². The Labute approximate surface area is 196 Å². The van der Waals surface area contributed by atoms with Crippen LogP contribution in [0.15, 0.2) is 52.6 Å². The van der Waals surface area contributed by atoms with Gasteiger partial charge in [-0.05, 0) is 54.3 Å². The quantitative estimate of drug-likeness (QED) is 0.619. The van der Waals surface area contributed by atoms with Crippen molar-refractivity contribution in [2.45, 2.75) is 45.2 Å². The zero-order chi connectivity index (χ0) is 23.1. The smallest absolute Gasteiger partial charge is 0.306 e. The average molecular weight is 463 g/mol. The Kier molecular flexibility index (Phi) is 5.66. The van der Waals surface area contributed by atoms with Crippen LogP contribution in [0.4, 0.5) is 0 Å². The van der Waals surface area contributed by atoms with Crippen molar-refractivity contribution in [3.63, 3.8) is 0 Å². The highest BCUT2D eigenvalue weighted by Gasteiger charge is 2.36. The number of rotatable bonds is 4. The number of pyridine rings is 1. The molecule has 0 spiro atoms. The number of benzene rings is 1. The number of hydrogen-bond donors (Lipinski definition) is 1. The second kappa shape index (κ2) is 8.63. The molecule has 2 aliphatic heterocycles. The molecule has 2 unspecified atom stereocenters. The van der Waals surface area contributed by atoms with E-state index in [0.717, 1.165) is 22.4 Å². The van der Waals surface area contributed by atoms with E-state index in [0.29, 0.717) is 49.2 Å². The number of piperidine rings is 1. The standard InChI is InChI=1S/C26H26N2O4S/c1-2-19-14-18(26(31)32)9-11-27(19)25(30)21-15-20(16-6-4-3-5-7-16)24(29)28-12-8-17-10-13-33-23(17)22(21)28/h3-7,10,13,15,18-19H,2,8-9,11-12,14H2,1H3,(H,31,32). The molecule has 5 rings (SSSR count). The minimum atomic E-state index is -0.793. The average Bonchev–Trinajstić information content (AvgIpc) is 3.33. The second-order valence-corrected chi connectivity index (χ2v) is 9.70. The number of carboxylic acids is 1. The van der Waals surface area contributed by atoms with Crippen molar-refractivity contribution < 1.29 is 14.7 Å². The van der Waals surface area contributed by atoms with Crippen LogP contribution >= 0.6 is 11.3 Å². The van der Waals surface area contributed by atoms with E-state index < -0.39 is 11.9 Å². The lowest BCUT2D eigenvalue weighted by Gasteiger charge is -2.38. The topological polar surface area (TPSA) is 79.6 Å². The molecule has 0 radical (unpaired) electrons. The fraction of sp³-hybridized carbons (Fsp3) is 0.346. The Morgan fingerprint density at radius 3 is 2.67 bits per heavy atom. The largest absolute Gasteiger partial charge is 0.481 e. The molecule has 1 aromatic carbocycles. The molecule has 2 aromatic heterocycles. The van der Waals surface area contributed by atoms with Crippen molar-refractivity contribution in [1.82, 2.24) is 9.47 Å². The van der Waals surface area contributed by atoms with E-state index in [2.05, 4.69) is 6.07 Å². The summed E-state index contributed by atoms with van der Waals surface area (Å²) in [7, 11) is 0. The van der Waals surface area contributed by atoms with Crippen molar-refractivity contribution in [3.05, 3.63) is 69.3 Å². The first-order valence-corrected chi connectivity index (χ1v) is 12.3. The molecule has 1 fully saturated rings. The molecule has 1 N–H and O–H groups in total. The molecule has 0 bridgehead atoms. The number of carbonyl (C=O) groups excluding carboxylic acids is 1. The van der Waals surface area contributed by atoms with E-state index in [1.807, 2.05) is 47.5 Å². The van der Waals surface area contributed by atoms with Gasteiger partial charge in [0.25, 0.3) is 11.5 Å². The zero-order valence-electron chi connectivity index (χ0n) is 18.5. The summed E-state index contributed by atoms with van der Waals surface area (Å²) in [6.07, 6.45) is 2.37. The van der Waals surface area contributed by atoms with Crippen molar-refractivity contribution in [1.29, 1.82) is 0 Å². The Bertz CT molecular complexity index is 1280. The Balaban J connectivity index is 1.66. The number of hydrogen-bond acceptors (Lipinski definition) is 4. The number of amides is 1. The number of likely N-dealkylation sites (tertiary alicyclic amines) is 1. The van der Waals surface area contributed by atoms with Gasteiger partial charge in [-0.3, -0.25) is 14.4 Å². The summed E-state index contributed by atoms with van der Waals surface area (Å²) < 4.78 is 1.76. The van der Waals surface area contributed by atoms with Crippen LogP contribution in [0.5, 0.6) is 0 Å². The summed E-state index contributed by atoms with van der Waals surface area (Å²) in [5.74, 6) is -1.33. The van der Waals surface area contributed by atoms with Crippen LogP contribution in [-0.2, 0) is 17.8 Å². The van der Waals surface area contributed by atoms with Gasteiger partial charge in [0.15, 0.2) is 0 Å². The monoisotopic (exact) mass is 462 g/mol. The molecular weight excluding hydrogens is 436 g/mol. The summed E-state index contributed by atoms with van der Waals surface area (Å²) in [5.41, 5.74) is 3.64. The lowest BCUT2D eigenvalue weighted by atomic mass is 9.88. The Morgan fingerprint density at radius 2 is 1.94 bits per heavy atom. The zero-order valence-corrected chi connectivity index (χ0v) is 19.3. The molecule has 1 amide bonds. The van der Waals surface area contributed by atoms with Crippen molar-refractivity contribution in [2.75, 3.05) is 6.54 Å². The number of carboxylic acid groups (broad SMARTS) is 1. The van der Waals surface area contributed by atoms with Gasteiger partial charge in [0.2, 0.25) is 0 Å². The van der Waals surface area contributed by atoms with Crippen LogP contribution in [0.2, 0.25) is 0 Å². The number of fused-ring (bicyclic) bond motifs is 3. The first-order chi connectivity index (χ1) is 16.0. The molecule has 2 atom stereocenters. The van der Waals surface area contributed by atoms with E-state index >= 15 is 0 Å². The lowest BCUT2D eigenvalue weighted by Crippen LogP contribution is -2.47. The summed E-state index contributed by atoms with van der Waals surface area (Å²) in [6, 6.07) is 13.2. The summed E-state index contributed by atoms with van der Waals surface area (Å²) in [5, 5.41) is 11.5. The molecular formula is C26H26N2O4S. The van der Waals surface area contributed by atoms with Crippen LogP contribution in [0, 0.1) is 5.92 Å². The van der Waals surface area contributed by atoms with Crippen molar-refractivity contribution in [3.8, 4) is 21.7 Å². The molecule has 2 aliphatic rings. The number of thiophene rings is 1. The highest BCUT2D eigenvalue weighted by Crippen LogP contribution is 2.38. The van der Waals surface area contributed by atoms with E-state index in [1.165, 1.54) is 0 Å². The first kappa shape index (κ1) is 21.6. The number of nitrogens with zero attached hydrogens (tertiary/aromatic N) is 2. The predicted octanol–water partition coefficient (Wildman–Crippen LogP) is 4.52. The Morgan fingerprint density at radius 1 is 1.15 bits per heavy atom. The molecule has 6 nitrogen and oxygen atoms in total. The van der Waals surface area contributed by atoms with Gasteiger partial charge in [-0.25, -0.2) is 0 Å². The fourth-order valence-corrected chi connectivity index (χ4v) is 6.19. The third-order valence-electron chi connectivity index (χ3n) is 6.97. The molecule has 170 valence electrons. The first-order valence-electron chi connectivity index (χ1n) is 11.4. The maximum Gasteiger partial charge on any atom is 0.306 e.